The molecular formula is C21H16FN5O2. The topological polar surface area (TPSA) is 81.4 Å². The molecule has 3 heterocycles. The highest BCUT2D eigenvalue weighted by Crippen LogP contribution is 2.26. The number of benzene rings is 2. The molecule has 1 N–H and O–H groups in total. The number of hydrogen-bond donors (Lipinski definition) is 1. The summed E-state index contributed by atoms with van der Waals surface area (Å²) in [6.07, 6.45) is 5.53. The lowest BCUT2D eigenvalue weighted by Crippen LogP contribution is -2.23. The van der Waals surface area contributed by atoms with Gasteiger partial charge in [0, 0.05) is 36.5 Å². The molecule has 0 saturated carbocycles. The largest absolute Gasteiger partial charge is 0.493 e. The average molecular weight is 389 g/mol. The molecule has 0 spiro atoms. The van der Waals surface area contributed by atoms with Gasteiger partial charge in [-0.05, 0) is 41.0 Å². The summed E-state index contributed by atoms with van der Waals surface area (Å²) in [5, 5.41) is 6.88. The Morgan fingerprint density at radius 1 is 1.17 bits per heavy atom. The fraction of sp³-hybridized carbons (Fsp3) is 0.143. The van der Waals surface area contributed by atoms with Crippen LogP contribution < -0.4 is 10.1 Å². The Labute approximate surface area is 165 Å². The number of ether oxygens (including phenoxy) is 1. The molecule has 0 aliphatic carbocycles. The highest BCUT2D eigenvalue weighted by atomic mass is 19.1. The molecule has 0 atom stereocenters. The fourth-order valence-corrected chi connectivity index (χ4v) is 3.39. The Balaban J connectivity index is 1.37. The van der Waals surface area contributed by atoms with Crippen LogP contribution in [0, 0.1) is 5.82 Å². The first kappa shape index (κ1) is 17.3. The monoisotopic (exact) mass is 389 g/mol. The summed E-state index contributed by atoms with van der Waals surface area (Å²) in [7, 11) is 0. The molecule has 2 aromatic heterocycles. The molecule has 0 radical (unpaired) electrons. The Morgan fingerprint density at radius 3 is 3.03 bits per heavy atom. The maximum Gasteiger partial charge on any atom is 0.252 e. The van der Waals surface area contributed by atoms with Crippen molar-refractivity contribution in [2.75, 3.05) is 6.61 Å². The highest BCUT2D eigenvalue weighted by Gasteiger charge is 2.14. The van der Waals surface area contributed by atoms with Crippen LogP contribution >= 0.6 is 0 Å². The van der Waals surface area contributed by atoms with Gasteiger partial charge in [0.2, 0.25) is 0 Å². The highest BCUT2D eigenvalue weighted by molar-refractivity contribution is 5.95. The average Bonchev–Trinajstić information content (AvgIpc) is 3.39. The van der Waals surface area contributed by atoms with Gasteiger partial charge in [0.05, 0.1) is 6.61 Å². The number of nitrogens with zero attached hydrogens (tertiary/aromatic N) is 4. The van der Waals surface area contributed by atoms with Crippen LogP contribution in [0.1, 0.15) is 21.5 Å². The van der Waals surface area contributed by atoms with E-state index in [1.165, 1.54) is 23.0 Å². The molecule has 2 aromatic carbocycles. The van der Waals surface area contributed by atoms with E-state index in [0.29, 0.717) is 30.1 Å². The van der Waals surface area contributed by atoms with Gasteiger partial charge in [0.25, 0.3) is 11.7 Å². The molecule has 0 bridgehead atoms. The number of rotatable bonds is 4. The summed E-state index contributed by atoms with van der Waals surface area (Å²) in [6.45, 7) is 1.04. The van der Waals surface area contributed by atoms with Crippen LogP contribution in [0.3, 0.4) is 0 Å². The van der Waals surface area contributed by atoms with Crippen LogP contribution in [-0.4, -0.2) is 32.1 Å². The second-order valence-electron chi connectivity index (χ2n) is 6.80. The van der Waals surface area contributed by atoms with E-state index in [4.69, 9.17) is 4.74 Å². The quantitative estimate of drug-likeness (QED) is 0.581. The number of carbonyl (C=O) groups excluding carboxylic acids is 1. The lowest BCUT2D eigenvalue weighted by atomic mass is 10.0. The first-order valence-electron chi connectivity index (χ1n) is 9.15. The summed E-state index contributed by atoms with van der Waals surface area (Å²) < 4.78 is 21.2. The first-order valence-corrected chi connectivity index (χ1v) is 9.15. The van der Waals surface area contributed by atoms with Crippen molar-refractivity contribution in [1.82, 2.24) is 24.9 Å². The molecule has 0 unspecified atom stereocenters. The van der Waals surface area contributed by atoms with Gasteiger partial charge in [-0.1, -0.05) is 12.1 Å². The fourth-order valence-electron chi connectivity index (χ4n) is 3.39. The number of hydrogen-bond acceptors (Lipinski definition) is 5. The predicted molar refractivity (Wildman–Crippen MR) is 103 cm³/mol. The second kappa shape index (κ2) is 6.97. The third-order valence-electron chi connectivity index (χ3n) is 4.83. The third kappa shape index (κ3) is 3.40. The zero-order valence-corrected chi connectivity index (χ0v) is 15.3. The lowest BCUT2D eigenvalue weighted by Gasteiger charge is -2.09. The smallest absolute Gasteiger partial charge is 0.252 e. The zero-order valence-electron chi connectivity index (χ0n) is 15.3. The number of carbonyl (C=O) groups is 1. The Kier molecular flexibility index (Phi) is 4.16. The number of nitrogens with one attached hydrogen (secondary N) is 1. The third-order valence-corrected chi connectivity index (χ3v) is 4.83. The summed E-state index contributed by atoms with van der Waals surface area (Å²) in [4.78, 5) is 20.8. The van der Waals surface area contributed by atoms with E-state index in [2.05, 4.69) is 20.4 Å². The molecule has 7 nitrogen and oxygen atoms in total. The van der Waals surface area contributed by atoms with Gasteiger partial charge in [-0.15, -0.1) is 0 Å². The molecule has 1 amide bonds. The number of fused-ring (bicyclic) bond motifs is 2. The van der Waals surface area contributed by atoms with Crippen LogP contribution in [0.2, 0.25) is 0 Å². The van der Waals surface area contributed by atoms with Gasteiger partial charge in [-0.2, -0.15) is 10.1 Å². The van der Waals surface area contributed by atoms with Gasteiger partial charge < -0.3 is 10.1 Å². The zero-order chi connectivity index (χ0) is 19.8. The van der Waals surface area contributed by atoms with Crippen molar-refractivity contribution in [3.63, 3.8) is 0 Å². The molecular weight excluding hydrogens is 373 g/mol. The van der Waals surface area contributed by atoms with Crippen molar-refractivity contribution in [2.45, 2.75) is 13.0 Å². The summed E-state index contributed by atoms with van der Waals surface area (Å²) in [5.41, 5.74) is 3.52. The lowest BCUT2D eigenvalue weighted by molar-refractivity contribution is 0.0950. The van der Waals surface area contributed by atoms with Crippen LogP contribution in [0.5, 0.6) is 5.75 Å². The SMILES string of the molecule is O=C(NCc1ccc2c(c1)CCO2)c1cc(F)cc(-c2cnc3ncnn3c2)c1. The molecule has 29 heavy (non-hydrogen) atoms. The minimum atomic E-state index is -0.499. The molecule has 8 heteroatoms. The van der Waals surface area contributed by atoms with Gasteiger partial charge in [0.15, 0.2) is 0 Å². The predicted octanol–water partition coefficient (Wildman–Crippen LogP) is 2.80. The summed E-state index contributed by atoms with van der Waals surface area (Å²) in [6, 6.07) is 10.1. The molecule has 0 saturated heterocycles. The number of aromatic nitrogens is 4. The molecule has 1 aliphatic heterocycles. The molecule has 144 valence electrons. The summed E-state index contributed by atoms with van der Waals surface area (Å²) >= 11 is 0. The van der Waals surface area contributed by atoms with Crippen molar-refractivity contribution in [3.05, 3.63) is 77.6 Å². The van der Waals surface area contributed by atoms with E-state index in [1.54, 1.807) is 18.5 Å². The van der Waals surface area contributed by atoms with Crippen LogP contribution in [0.25, 0.3) is 16.9 Å². The minimum Gasteiger partial charge on any atom is -0.493 e. The van der Waals surface area contributed by atoms with E-state index >= 15 is 0 Å². The first-order chi connectivity index (χ1) is 14.2. The van der Waals surface area contributed by atoms with Crippen molar-refractivity contribution in [3.8, 4) is 16.9 Å². The van der Waals surface area contributed by atoms with Gasteiger partial charge >= 0.3 is 0 Å². The second-order valence-corrected chi connectivity index (χ2v) is 6.80. The summed E-state index contributed by atoms with van der Waals surface area (Å²) in [5.74, 6) is 0.494. The van der Waals surface area contributed by atoms with Crippen molar-refractivity contribution in [2.24, 2.45) is 0 Å². The Morgan fingerprint density at radius 2 is 2.10 bits per heavy atom. The number of halogens is 1. The van der Waals surface area contributed by atoms with E-state index in [0.717, 1.165) is 23.3 Å². The maximum atomic E-state index is 14.2. The molecule has 0 fully saturated rings. The van der Waals surface area contributed by atoms with Crippen molar-refractivity contribution < 1.29 is 13.9 Å². The normalized spacial score (nSPS) is 12.6. The molecule has 4 aromatic rings. The van der Waals surface area contributed by atoms with Gasteiger partial charge in [-0.3, -0.25) is 4.79 Å². The van der Waals surface area contributed by atoms with Gasteiger partial charge in [0.1, 0.15) is 17.9 Å². The Bertz CT molecular complexity index is 1240. The maximum absolute atomic E-state index is 14.2. The van der Waals surface area contributed by atoms with Crippen LogP contribution in [-0.2, 0) is 13.0 Å². The minimum absolute atomic E-state index is 0.239. The molecule has 5 rings (SSSR count). The van der Waals surface area contributed by atoms with E-state index < -0.39 is 5.82 Å². The molecule has 1 aliphatic rings. The van der Waals surface area contributed by atoms with Crippen LogP contribution in [0.4, 0.5) is 4.39 Å². The van der Waals surface area contributed by atoms with Crippen molar-refractivity contribution in [1.29, 1.82) is 0 Å². The van der Waals surface area contributed by atoms with Gasteiger partial charge in [-0.25, -0.2) is 13.9 Å². The van der Waals surface area contributed by atoms with E-state index in [1.807, 2.05) is 18.2 Å². The standard InChI is InChI=1S/C21H16FN5O2/c22-18-7-15(17-10-24-21-25-12-26-27(21)11-17)6-16(8-18)20(28)23-9-13-1-2-19-14(5-13)3-4-29-19/h1-2,5-8,10-12H,3-4,9H2,(H,23,28). The number of amides is 1. The van der Waals surface area contributed by atoms with E-state index in [-0.39, 0.29) is 11.5 Å². The van der Waals surface area contributed by atoms with Crippen LogP contribution in [0.15, 0.2) is 55.1 Å². The van der Waals surface area contributed by atoms with E-state index in [9.17, 15) is 9.18 Å². The Hall–Kier alpha value is -3.81. The van der Waals surface area contributed by atoms with Crippen molar-refractivity contribution >= 4 is 11.7 Å².